The molecule has 1 heterocycles. The Kier molecular flexibility index (Phi) is 5.93. The number of aromatic hydroxyl groups is 1. The minimum atomic E-state index is -1.11. The molecule has 0 fully saturated rings. The molecule has 2 aromatic carbocycles. The summed E-state index contributed by atoms with van der Waals surface area (Å²) in [5.74, 6) is -0.983. The Bertz CT molecular complexity index is 1380. The van der Waals surface area contributed by atoms with E-state index >= 15 is 0 Å². The molecular weight excluding hydrogens is 424 g/mol. The highest BCUT2D eigenvalue weighted by molar-refractivity contribution is 6.08. The van der Waals surface area contributed by atoms with Gasteiger partial charge in [-0.15, -0.1) is 0 Å². The van der Waals surface area contributed by atoms with Gasteiger partial charge in [0.15, 0.2) is 5.43 Å². The van der Waals surface area contributed by atoms with Gasteiger partial charge in [0.05, 0.1) is 17.8 Å². The largest absolute Gasteiger partial charge is 0.508 e. The highest BCUT2D eigenvalue weighted by Gasteiger charge is 2.26. The lowest BCUT2D eigenvalue weighted by Crippen LogP contribution is -2.17. The average Bonchev–Trinajstić information content (AvgIpc) is 2.76. The molecule has 0 amide bonds. The summed E-state index contributed by atoms with van der Waals surface area (Å²) in [4.78, 5) is 24.7. The van der Waals surface area contributed by atoms with Gasteiger partial charge in [-0.25, -0.2) is 4.79 Å². The minimum absolute atomic E-state index is 0.0374. The van der Waals surface area contributed by atoms with Gasteiger partial charge in [0.25, 0.3) is 0 Å². The summed E-state index contributed by atoms with van der Waals surface area (Å²) < 4.78 is 6.20. The minimum Gasteiger partial charge on any atom is -0.508 e. The van der Waals surface area contributed by atoms with E-state index in [1.54, 1.807) is 44.2 Å². The molecule has 0 saturated carbocycles. The van der Waals surface area contributed by atoms with Gasteiger partial charge >= 0.3 is 5.97 Å². The van der Waals surface area contributed by atoms with Crippen LogP contribution in [0.15, 0.2) is 57.7 Å². The van der Waals surface area contributed by atoms with Crippen LogP contribution >= 0.6 is 0 Å². The molecule has 0 radical (unpaired) electrons. The Morgan fingerprint density at radius 2 is 1.58 bits per heavy atom. The lowest BCUT2D eigenvalue weighted by molar-refractivity contribution is 0.0697. The maximum atomic E-state index is 12.7. The molecule has 1 aliphatic carbocycles. The third-order valence-corrected chi connectivity index (χ3v) is 5.62. The van der Waals surface area contributed by atoms with Gasteiger partial charge in [-0.05, 0) is 49.7 Å². The second-order valence-corrected chi connectivity index (χ2v) is 8.29. The molecule has 33 heavy (non-hydrogen) atoms. The van der Waals surface area contributed by atoms with E-state index in [1.807, 2.05) is 0 Å². The van der Waals surface area contributed by atoms with Crippen molar-refractivity contribution in [2.75, 3.05) is 0 Å². The lowest BCUT2D eigenvalue weighted by atomic mass is 9.87. The van der Waals surface area contributed by atoms with Crippen LogP contribution in [0.5, 0.6) is 5.75 Å². The Hall–Kier alpha value is -3.68. The smallest absolute Gasteiger partial charge is 0.336 e. The molecule has 2 aliphatic rings. The van der Waals surface area contributed by atoms with E-state index in [9.17, 15) is 30.0 Å². The van der Waals surface area contributed by atoms with Crippen molar-refractivity contribution in [2.45, 2.75) is 38.9 Å². The molecule has 2 unspecified atom stereocenters. The second kappa shape index (κ2) is 8.69. The Morgan fingerprint density at radius 1 is 0.909 bits per heavy atom. The lowest BCUT2D eigenvalue weighted by Gasteiger charge is -2.21. The summed E-state index contributed by atoms with van der Waals surface area (Å²) in [6.45, 7) is 3.14. The second-order valence-electron chi connectivity index (χ2n) is 8.29. The molecule has 7 nitrogen and oxygen atoms in total. The number of phenols is 1. The number of phenolic OH excluding ortho intramolecular Hbond substituents is 1. The van der Waals surface area contributed by atoms with Crippen molar-refractivity contribution in [3.05, 3.63) is 75.4 Å². The zero-order valence-electron chi connectivity index (χ0n) is 18.2. The average molecular weight is 448 g/mol. The predicted octanol–water partition coefficient (Wildman–Crippen LogP) is 3.82. The van der Waals surface area contributed by atoms with Crippen LogP contribution in [-0.2, 0) is 12.8 Å². The van der Waals surface area contributed by atoms with Crippen LogP contribution in [0.4, 0.5) is 0 Å². The summed E-state index contributed by atoms with van der Waals surface area (Å²) in [5.41, 5.74) is 2.06. The third kappa shape index (κ3) is 4.08. The fraction of sp³-hybridized carbons (Fsp3) is 0.231. The van der Waals surface area contributed by atoms with Crippen molar-refractivity contribution in [1.82, 2.24) is 0 Å². The maximum Gasteiger partial charge on any atom is 0.336 e. The summed E-state index contributed by atoms with van der Waals surface area (Å²) in [5, 5.41) is 40.9. The van der Waals surface area contributed by atoms with Crippen molar-refractivity contribution < 1.29 is 29.6 Å². The monoisotopic (exact) mass is 448 g/mol. The van der Waals surface area contributed by atoms with Crippen LogP contribution in [0.2, 0.25) is 0 Å². The van der Waals surface area contributed by atoms with Gasteiger partial charge in [-0.1, -0.05) is 18.2 Å². The van der Waals surface area contributed by atoms with Crippen LogP contribution in [0, 0.1) is 0 Å². The number of benzene rings is 3. The number of hydrogen-bond donors (Lipinski definition) is 4. The van der Waals surface area contributed by atoms with Crippen LogP contribution in [0.1, 0.15) is 35.3 Å². The zero-order chi connectivity index (χ0) is 23.9. The summed E-state index contributed by atoms with van der Waals surface area (Å²) in [7, 11) is 0. The van der Waals surface area contributed by atoms with E-state index in [0.717, 1.165) is 0 Å². The topological polar surface area (TPSA) is 128 Å². The van der Waals surface area contributed by atoms with Crippen molar-refractivity contribution in [1.29, 1.82) is 0 Å². The standard InChI is InChI=1S/C26H24O7/c1-13(27)11-19-21(29)9-7-17-23(15-5-3-4-6-16(15)26(31)32)18-8-10-22(30)20(12-14(2)28)25(18)33-24(17)19/h3-10,13-14,27-29H,11-12H2,1-2H3,(H,31,32). The highest BCUT2D eigenvalue weighted by atomic mass is 16.4. The fourth-order valence-corrected chi connectivity index (χ4v) is 4.26. The molecule has 2 atom stereocenters. The number of fused-ring (bicyclic) bond motifs is 2. The molecule has 2 aromatic rings. The van der Waals surface area contributed by atoms with E-state index in [0.29, 0.717) is 27.6 Å². The predicted molar refractivity (Wildman–Crippen MR) is 124 cm³/mol. The Balaban J connectivity index is 2.23. The number of aliphatic hydroxyl groups is 2. The first-order valence-electron chi connectivity index (χ1n) is 10.6. The molecule has 0 spiro atoms. The van der Waals surface area contributed by atoms with E-state index in [1.165, 1.54) is 18.2 Å². The molecule has 170 valence electrons. The third-order valence-electron chi connectivity index (χ3n) is 5.62. The number of carboxylic acid groups (broad SMARTS) is 1. The van der Waals surface area contributed by atoms with Crippen molar-refractivity contribution in [2.24, 2.45) is 0 Å². The molecule has 4 N–H and O–H groups in total. The van der Waals surface area contributed by atoms with E-state index in [2.05, 4.69) is 0 Å². The van der Waals surface area contributed by atoms with Gasteiger partial charge in [-0.2, -0.15) is 0 Å². The van der Waals surface area contributed by atoms with Gasteiger partial charge in [-0.3, -0.25) is 4.79 Å². The number of carboxylic acids is 1. The van der Waals surface area contributed by atoms with Crippen LogP contribution in [0.3, 0.4) is 0 Å². The molecular formula is C26H24O7. The van der Waals surface area contributed by atoms with Crippen LogP contribution < -0.4 is 5.43 Å². The van der Waals surface area contributed by atoms with E-state index < -0.39 is 18.2 Å². The molecule has 0 bridgehead atoms. The molecule has 0 aromatic heterocycles. The SMILES string of the molecule is CC(O)Cc1c2oc3c(CC(C)O)c(O)ccc3c(-c3ccccc3C(=O)O)c-2ccc1=O. The Labute approximate surface area is 189 Å². The number of aromatic carboxylic acids is 1. The summed E-state index contributed by atoms with van der Waals surface area (Å²) in [6, 6.07) is 12.6. The first kappa shape index (κ1) is 22.5. The zero-order valence-corrected chi connectivity index (χ0v) is 18.2. The van der Waals surface area contributed by atoms with E-state index in [-0.39, 0.29) is 46.5 Å². The van der Waals surface area contributed by atoms with E-state index in [4.69, 9.17) is 4.42 Å². The number of carbonyl (C=O) groups is 1. The van der Waals surface area contributed by atoms with Gasteiger partial charge in [0.1, 0.15) is 17.1 Å². The molecule has 1 aliphatic heterocycles. The normalized spacial score (nSPS) is 13.3. The molecule has 7 heteroatoms. The number of aliphatic hydroxyl groups excluding tert-OH is 2. The Morgan fingerprint density at radius 3 is 2.24 bits per heavy atom. The summed E-state index contributed by atoms with van der Waals surface area (Å²) in [6.07, 6.45) is -1.48. The van der Waals surface area contributed by atoms with Crippen molar-refractivity contribution in [3.8, 4) is 28.2 Å². The van der Waals surface area contributed by atoms with Crippen LogP contribution in [0.25, 0.3) is 33.4 Å². The maximum absolute atomic E-state index is 12.7. The van der Waals surface area contributed by atoms with Crippen LogP contribution in [-0.4, -0.2) is 38.6 Å². The number of rotatable bonds is 6. The summed E-state index contributed by atoms with van der Waals surface area (Å²) >= 11 is 0. The van der Waals surface area contributed by atoms with Gasteiger partial charge < -0.3 is 24.8 Å². The van der Waals surface area contributed by atoms with Gasteiger partial charge in [0, 0.05) is 40.5 Å². The highest BCUT2D eigenvalue weighted by Crippen LogP contribution is 2.44. The molecule has 0 saturated heterocycles. The first-order chi connectivity index (χ1) is 15.7. The van der Waals surface area contributed by atoms with Gasteiger partial charge in [0.2, 0.25) is 0 Å². The first-order valence-corrected chi connectivity index (χ1v) is 10.6. The molecule has 4 rings (SSSR count). The van der Waals surface area contributed by atoms with Crippen molar-refractivity contribution >= 4 is 16.9 Å². The number of hydrogen-bond acceptors (Lipinski definition) is 6. The van der Waals surface area contributed by atoms with Crippen molar-refractivity contribution in [3.63, 3.8) is 0 Å². The fourth-order valence-electron chi connectivity index (χ4n) is 4.26. The quantitative estimate of drug-likeness (QED) is 0.330.